The van der Waals surface area contributed by atoms with Gasteiger partial charge in [0.1, 0.15) is 0 Å². The lowest BCUT2D eigenvalue weighted by molar-refractivity contribution is -0.117. The zero-order valence-electron chi connectivity index (χ0n) is 10.9. The number of hydrogen-bond acceptors (Lipinski definition) is 2. The molecule has 17 heavy (non-hydrogen) atoms. The van der Waals surface area contributed by atoms with Crippen molar-refractivity contribution in [2.24, 2.45) is 5.73 Å². The lowest BCUT2D eigenvalue weighted by Gasteiger charge is -2.14. The molecule has 0 aliphatic rings. The minimum absolute atomic E-state index is 0.0906. The van der Waals surface area contributed by atoms with Crippen LogP contribution in [0.15, 0.2) is 18.2 Å². The summed E-state index contributed by atoms with van der Waals surface area (Å²) in [6.07, 6.45) is 2.79. The first-order valence-electron chi connectivity index (χ1n) is 6.19. The maximum atomic E-state index is 11.8. The van der Waals surface area contributed by atoms with E-state index in [1.807, 2.05) is 32.0 Å². The Morgan fingerprint density at radius 2 is 2.12 bits per heavy atom. The van der Waals surface area contributed by atoms with Gasteiger partial charge in [0.05, 0.1) is 6.04 Å². The van der Waals surface area contributed by atoms with Gasteiger partial charge >= 0.3 is 0 Å². The molecule has 1 atom stereocenters. The van der Waals surface area contributed by atoms with Crippen LogP contribution < -0.4 is 11.1 Å². The van der Waals surface area contributed by atoms with Crippen LogP contribution in [0.3, 0.4) is 0 Å². The normalized spacial score (nSPS) is 12.2. The lowest BCUT2D eigenvalue weighted by Crippen LogP contribution is -2.35. The van der Waals surface area contributed by atoms with Crippen LogP contribution in [0.4, 0.5) is 5.69 Å². The first-order valence-corrected chi connectivity index (χ1v) is 6.19. The largest absolute Gasteiger partial charge is 0.324 e. The molecule has 94 valence electrons. The number of unbranched alkanes of at least 4 members (excludes halogenated alkanes) is 1. The molecule has 0 radical (unpaired) electrons. The SMILES string of the molecule is CCCCC(N)C(=O)Nc1cccc(C)c1C. The summed E-state index contributed by atoms with van der Waals surface area (Å²) in [5, 5.41) is 2.90. The van der Waals surface area contributed by atoms with E-state index in [0.717, 1.165) is 30.5 Å². The van der Waals surface area contributed by atoms with Crippen molar-refractivity contribution in [1.29, 1.82) is 0 Å². The second kappa shape index (κ2) is 6.40. The van der Waals surface area contributed by atoms with E-state index in [1.165, 1.54) is 5.56 Å². The molecule has 3 N–H and O–H groups in total. The van der Waals surface area contributed by atoms with Crippen LogP contribution in [-0.2, 0) is 4.79 Å². The first-order chi connectivity index (χ1) is 8.06. The highest BCUT2D eigenvalue weighted by atomic mass is 16.2. The van der Waals surface area contributed by atoms with E-state index < -0.39 is 6.04 Å². The Kier molecular flexibility index (Phi) is 5.16. The Morgan fingerprint density at radius 3 is 2.76 bits per heavy atom. The molecule has 0 spiro atoms. The van der Waals surface area contributed by atoms with Gasteiger partial charge in [-0.25, -0.2) is 0 Å². The summed E-state index contributed by atoms with van der Waals surface area (Å²) in [5.41, 5.74) is 8.96. The summed E-state index contributed by atoms with van der Waals surface area (Å²) in [4.78, 5) is 11.8. The van der Waals surface area contributed by atoms with Gasteiger partial charge < -0.3 is 11.1 Å². The molecule has 0 heterocycles. The third-order valence-corrected chi connectivity index (χ3v) is 3.07. The standard InChI is InChI=1S/C14H22N2O/c1-4-5-8-12(15)14(17)16-13-9-6-7-10(2)11(13)3/h6-7,9,12H,4-5,8,15H2,1-3H3,(H,16,17). The van der Waals surface area contributed by atoms with Gasteiger partial charge in [0.2, 0.25) is 5.91 Å². The number of amides is 1. The molecule has 0 aromatic heterocycles. The van der Waals surface area contributed by atoms with Crippen LogP contribution in [0.1, 0.15) is 37.3 Å². The zero-order chi connectivity index (χ0) is 12.8. The number of carbonyl (C=O) groups excluding carboxylic acids is 1. The van der Waals surface area contributed by atoms with Gasteiger partial charge in [0.25, 0.3) is 0 Å². The van der Waals surface area contributed by atoms with Gasteiger partial charge in [-0.1, -0.05) is 31.9 Å². The van der Waals surface area contributed by atoms with Gasteiger partial charge in [-0.2, -0.15) is 0 Å². The zero-order valence-corrected chi connectivity index (χ0v) is 10.9. The molecule has 3 nitrogen and oxygen atoms in total. The van der Waals surface area contributed by atoms with Crippen molar-refractivity contribution in [1.82, 2.24) is 0 Å². The molecule has 1 aromatic carbocycles. The van der Waals surface area contributed by atoms with Crippen molar-refractivity contribution in [3.8, 4) is 0 Å². The Morgan fingerprint density at radius 1 is 1.41 bits per heavy atom. The topological polar surface area (TPSA) is 55.1 Å². The predicted molar refractivity (Wildman–Crippen MR) is 72.0 cm³/mol. The van der Waals surface area contributed by atoms with Crippen molar-refractivity contribution >= 4 is 11.6 Å². The summed E-state index contributed by atoms with van der Waals surface area (Å²) in [6, 6.07) is 5.47. The molecule has 0 aliphatic carbocycles. The highest BCUT2D eigenvalue weighted by Gasteiger charge is 2.13. The lowest BCUT2D eigenvalue weighted by atomic mass is 10.1. The summed E-state index contributed by atoms with van der Waals surface area (Å²) in [7, 11) is 0. The predicted octanol–water partition coefficient (Wildman–Crippen LogP) is 2.76. The van der Waals surface area contributed by atoms with Gasteiger partial charge in [-0.3, -0.25) is 4.79 Å². The minimum Gasteiger partial charge on any atom is -0.324 e. The van der Waals surface area contributed by atoms with Crippen LogP contribution in [0.5, 0.6) is 0 Å². The van der Waals surface area contributed by atoms with E-state index in [1.54, 1.807) is 0 Å². The highest BCUT2D eigenvalue weighted by Crippen LogP contribution is 2.18. The summed E-state index contributed by atoms with van der Waals surface area (Å²) in [5.74, 6) is -0.0906. The van der Waals surface area contributed by atoms with E-state index in [4.69, 9.17) is 5.73 Å². The Hall–Kier alpha value is -1.35. The Bertz CT molecular complexity index is 388. The number of nitrogens with one attached hydrogen (secondary N) is 1. The first kappa shape index (κ1) is 13.7. The van der Waals surface area contributed by atoms with Crippen LogP contribution >= 0.6 is 0 Å². The minimum atomic E-state index is -0.408. The fourth-order valence-electron chi connectivity index (χ4n) is 1.67. The molecule has 3 heteroatoms. The van der Waals surface area contributed by atoms with Gasteiger partial charge in [-0.05, 0) is 37.5 Å². The molecule has 1 amide bonds. The summed E-state index contributed by atoms with van der Waals surface area (Å²) in [6.45, 7) is 6.12. The number of carbonyl (C=O) groups is 1. The maximum absolute atomic E-state index is 11.8. The number of benzene rings is 1. The molecular formula is C14H22N2O. The van der Waals surface area contributed by atoms with Crippen LogP contribution in [0.2, 0.25) is 0 Å². The Balaban J connectivity index is 2.64. The quantitative estimate of drug-likeness (QED) is 0.823. The van der Waals surface area contributed by atoms with Crippen molar-refractivity contribution in [2.75, 3.05) is 5.32 Å². The van der Waals surface area contributed by atoms with Crippen molar-refractivity contribution < 1.29 is 4.79 Å². The number of nitrogens with two attached hydrogens (primary N) is 1. The molecule has 1 unspecified atom stereocenters. The van der Waals surface area contributed by atoms with Gasteiger partial charge in [0, 0.05) is 5.69 Å². The third kappa shape index (κ3) is 3.86. The molecule has 0 fully saturated rings. The molecular weight excluding hydrogens is 212 g/mol. The van der Waals surface area contributed by atoms with E-state index in [9.17, 15) is 4.79 Å². The van der Waals surface area contributed by atoms with Crippen LogP contribution in [-0.4, -0.2) is 11.9 Å². The Labute approximate surface area is 103 Å². The van der Waals surface area contributed by atoms with E-state index in [2.05, 4.69) is 12.2 Å². The second-order valence-corrected chi connectivity index (χ2v) is 4.49. The van der Waals surface area contributed by atoms with Crippen LogP contribution in [0.25, 0.3) is 0 Å². The average Bonchev–Trinajstić information content (AvgIpc) is 2.31. The van der Waals surface area contributed by atoms with E-state index in [-0.39, 0.29) is 5.91 Å². The fraction of sp³-hybridized carbons (Fsp3) is 0.500. The molecule has 0 bridgehead atoms. The molecule has 0 saturated heterocycles. The van der Waals surface area contributed by atoms with Crippen molar-refractivity contribution in [3.05, 3.63) is 29.3 Å². The third-order valence-electron chi connectivity index (χ3n) is 3.07. The van der Waals surface area contributed by atoms with Gasteiger partial charge in [-0.15, -0.1) is 0 Å². The summed E-state index contributed by atoms with van der Waals surface area (Å²) >= 11 is 0. The molecule has 0 saturated carbocycles. The average molecular weight is 234 g/mol. The number of anilines is 1. The van der Waals surface area contributed by atoms with E-state index >= 15 is 0 Å². The van der Waals surface area contributed by atoms with E-state index in [0.29, 0.717) is 0 Å². The monoisotopic (exact) mass is 234 g/mol. The molecule has 1 aromatic rings. The summed E-state index contributed by atoms with van der Waals surface area (Å²) < 4.78 is 0. The molecule has 1 rings (SSSR count). The number of aryl methyl sites for hydroxylation is 1. The highest BCUT2D eigenvalue weighted by molar-refractivity contribution is 5.95. The number of rotatable bonds is 5. The number of hydrogen-bond donors (Lipinski definition) is 2. The van der Waals surface area contributed by atoms with Crippen molar-refractivity contribution in [2.45, 2.75) is 46.1 Å². The smallest absolute Gasteiger partial charge is 0.241 e. The molecule has 0 aliphatic heterocycles. The van der Waals surface area contributed by atoms with Gasteiger partial charge in [0.15, 0.2) is 0 Å². The fourth-order valence-corrected chi connectivity index (χ4v) is 1.67. The van der Waals surface area contributed by atoms with Crippen molar-refractivity contribution in [3.63, 3.8) is 0 Å². The second-order valence-electron chi connectivity index (χ2n) is 4.49. The van der Waals surface area contributed by atoms with Crippen LogP contribution in [0, 0.1) is 13.8 Å². The maximum Gasteiger partial charge on any atom is 0.241 e.